The molecule has 0 atom stereocenters. The third-order valence-electron chi connectivity index (χ3n) is 4.79. The van der Waals surface area contributed by atoms with Gasteiger partial charge in [0.15, 0.2) is 0 Å². The van der Waals surface area contributed by atoms with Crippen molar-refractivity contribution in [2.24, 2.45) is 0 Å². The molecular formula is C20H25N3O4S. The Kier molecular flexibility index (Phi) is 6.33. The molecule has 7 nitrogen and oxygen atoms in total. The number of aryl methyl sites for hydroxylation is 1. The minimum absolute atomic E-state index is 0.123. The third kappa shape index (κ3) is 4.70. The highest BCUT2D eigenvalue weighted by Gasteiger charge is 2.26. The van der Waals surface area contributed by atoms with E-state index in [9.17, 15) is 13.2 Å². The van der Waals surface area contributed by atoms with E-state index in [1.165, 1.54) is 16.4 Å². The van der Waals surface area contributed by atoms with Gasteiger partial charge in [-0.3, -0.25) is 4.79 Å². The number of benzene rings is 2. The van der Waals surface area contributed by atoms with Gasteiger partial charge in [-0.25, -0.2) is 8.42 Å². The molecule has 2 N–H and O–H groups in total. The van der Waals surface area contributed by atoms with Gasteiger partial charge in [0.05, 0.1) is 24.7 Å². The molecule has 150 valence electrons. The molecule has 1 saturated heterocycles. The largest absolute Gasteiger partial charge is 0.379 e. The molecule has 3 rings (SSSR count). The van der Waals surface area contributed by atoms with Gasteiger partial charge in [-0.1, -0.05) is 12.1 Å². The lowest BCUT2D eigenvalue weighted by atomic mass is 10.1. The van der Waals surface area contributed by atoms with Crippen LogP contribution in [0.5, 0.6) is 0 Å². The van der Waals surface area contributed by atoms with E-state index in [-0.39, 0.29) is 17.3 Å². The smallest absolute Gasteiger partial charge is 0.243 e. The third-order valence-corrected chi connectivity index (χ3v) is 6.70. The highest BCUT2D eigenvalue weighted by atomic mass is 32.2. The molecule has 1 fully saturated rings. The number of rotatable bonds is 6. The molecular weight excluding hydrogens is 378 g/mol. The van der Waals surface area contributed by atoms with Crippen LogP contribution in [0.25, 0.3) is 0 Å². The molecule has 0 aliphatic carbocycles. The molecule has 1 heterocycles. The second kappa shape index (κ2) is 8.72. The lowest BCUT2D eigenvalue weighted by molar-refractivity contribution is -0.114. The molecule has 0 radical (unpaired) electrons. The average molecular weight is 404 g/mol. The molecule has 0 spiro atoms. The summed E-state index contributed by atoms with van der Waals surface area (Å²) >= 11 is 0. The summed E-state index contributed by atoms with van der Waals surface area (Å²) in [5.41, 5.74) is 3.73. The van der Waals surface area contributed by atoms with Crippen molar-refractivity contribution in [2.75, 3.05) is 43.5 Å². The first-order valence-electron chi connectivity index (χ1n) is 9.16. The van der Waals surface area contributed by atoms with Crippen LogP contribution in [-0.4, -0.2) is 51.5 Å². The van der Waals surface area contributed by atoms with E-state index in [4.69, 9.17) is 4.74 Å². The fourth-order valence-corrected chi connectivity index (χ4v) is 4.38. The summed E-state index contributed by atoms with van der Waals surface area (Å²) in [6, 6.07) is 12.1. The van der Waals surface area contributed by atoms with Gasteiger partial charge in [0.1, 0.15) is 0 Å². The van der Waals surface area contributed by atoms with Crippen LogP contribution in [0, 0.1) is 13.8 Å². The van der Waals surface area contributed by atoms with Crippen LogP contribution in [0.2, 0.25) is 0 Å². The number of morpholine rings is 1. The number of sulfonamides is 1. The van der Waals surface area contributed by atoms with Gasteiger partial charge in [-0.15, -0.1) is 0 Å². The second-order valence-corrected chi connectivity index (χ2v) is 8.63. The number of carbonyl (C=O) groups is 1. The highest BCUT2D eigenvalue weighted by molar-refractivity contribution is 7.89. The van der Waals surface area contributed by atoms with E-state index in [2.05, 4.69) is 10.6 Å². The van der Waals surface area contributed by atoms with Gasteiger partial charge in [0.2, 0.25) is 15.9 Å². The van der Waals surface area contributed by atoms with E-state index in [0.717, 1.165) is 16.8 Å². The van der Waals surface area contributed by atoms with E-state index >= 15 is 0 Å². The number of hydrogen-bond donors (Lipinski definition) is 2. The summed E-state index contributed by atoms with van der Waals surface area (Å²) in [7, 11) is -3.53. The molecule has 8 heteroatoms. The van der Waals surface area contributed by atoms with Gasteiger partial charge >= 0.3 is 0 Å². The first kappa shape index (κ1) is 20.3. The van der Waals surface area contributed by atoms with E-state index in [1.807, 2.05) is 32.0 Å². The van der Waals surface area contributed by atoms with Crippen molar-refractivity contribution in [1.29, 1.82) is 0 Å². The fraction of sp³-hybridized carbons (Fsp3) is 0.350. The average Bonchev–Trinajstić information content (AvgIpc) is 2.70. The molecule has 0 unspecified atom stereocenters. The van der Waals surface area contributed by atoms with E-state index in [1.54, 1.807) is 12.1 Å². The number of carbonyl (C=O) groups excluding carboxylic acids is 1. The predicted octanol–water partition coefficient (Wildman–Crippen LogP) is 2.37. The van der Waals surface area contributed by atoms with Gasteiger partial charge < -0.3 is 15.4 Å². The minimum atomic E-state index is -3.53. The van der Waals surface area contributed by atoms with Crippen LogP contribution in [0.15, 0.2) is 47.4 Å². The summed E-state index contributed by atoms with van der Waals surface area (Å²) in [6.07, 6.45) is 0. The summed E-state index contributed by atoms with van der Waals surface area (Å²) in [5, 5.41) is 5.90. The quantitative estimate of drug-likeness (QED) is 0.773. The maximum Gasteiger partial charge on any atom is 0.243 e. The van der Waals surface area contributed by atoms with Crippen LogP contribution in [0.1, 0.15) is 11.1 Å². The molecule has 0 aromatic heterocycles. The Hall–Kier alpha value is -2.42. The van der Waals surface area contributed by atoms with Crippen molar-refractivity contribution in [1.82, 2.24) is 4.31 Å². The molecule has 2 aromatic carbocycles. The molecule has 1 aliphatic rings. The zero-order valence-corrected chi connectivity index (χ0v) is 16.9. The maximum absolute atomic E-state index is 12.6. The van der Waals surface area contributed by atoms with Crippen LogP contribution >= 0.6 is 0 Å². The second-order valence-electron chi connectivity index (χ2n) is 6.69. The SMILES string of the molecule is Cc1cccc(NCC(=O)Nc2ccc(S(=O)(=O)N3CCOCC3)cc2)c1C. The molecule has 1 amide bonds. The summed E-state index contributed by atoms with van der Waals surface area (Å²) < 4.78 is 31.8. The standard InChI is InChI=1S/C20H25N3O4S/c1-15-4-3-5-19(16(15)2)21-14-20(24)22-17-6-8-18(9-7-17)28(25,26)23-10-12-27-13-11-23/h3-9,21H,10-14H2,1-2H3,(H,22,24). The van der Waals surface area contributed by atoms with Gasteiger partial charge in [-0.2, -0.15) is 4.31 Å². The Morgan fingerprint density at radius 2 is 1.75 bits per heavy atom. The van der Waals surface area contributed by atoms with Crippen molar-refractivity contribution >= 4 is 27.3 Å². The van der Waals surface area contributed by atoms with Crippen molar-refractivity contribution in [2.45, 2.75) is 18.7 Å². The van der Waals surface area contributed by atoms with Crippen LogP contribution in [-0.2, 0) is 19.6 Å². The number of amides is 1. The van der Waals surface area contributed by atoms with Gasteiger partial charge in [-0.05, 0) is 55.3 Å². The van der Waals surface area contributed by atoms with Crippen molar-refractivity contribution in [3.05, 3.63) is 53.6 Å². The number of ether oxygens (including phenoxy) is 1. The first-order valence-corrected chi connectivity index (χ1v) is 10.6. The maximum atomic E-state index is 12.6. The lowest BCUT2D eigenvalue weighted by Crippen LogP contribution is -2.40. The van der Waals surface area contributed by atoms with Crippen molar-refractivity contribution < 1.29 is 17.9 Å². The monoisotopic (exact) mass is 403 g/mol. The van der Waals surface area contributed by atoms with E-state index in [0.29, 0.717) is 32.0 Å². The number of nitrogens with zero attached hydrogens (tertiary/aromatic N) is 1. The Labute approximate surface area is 165 Å². The Morgan fingerprint density at radius 3 is 2.43 bits per heavy atom. The zero-order chi connectivity index (χ0) is 20.1. The molecule has 28 heavy (non-hydrogen) atoms. The molecule has 0 saturated carbocycles. The summed E-state index contributed by atoms with van der Waals surface area (Å²) in [6.45, 7) is 5.66. The van der Waals surface area contributed by atoms with Gasteiger partial charge in [0, 0.05) is 24.5 Å². The highest BCUT2D eigenvalue weighted by Crippen LogP contribution is 2.20. The number of nitrogens with one attached hydrogen (secondary N) is 2. The number of hydrogen-bond acceptors (Lipinski definition) is 5. The first-order chi connectivity index (χ1) is 13.4. The van der Waals surface area contributed by atoms with Crippen LogP contribution in [0.4, 0.5) is 11.4 Å². The Balaban J connectivity index is 1.59. The normalized spacial score (nSPS) is 15.2. The van der Waals surface area contributed by atoms with Gasteiger partial charge in [0.25, 0.3) is 0 Å². The topological polar surface area (TPSA) is 87.7 Å². The van der Waals surface area contributed by atoms with Crippen molar-refractivity contribution in [3.8, 4) is 0 Å². The summed E-state index contributed by atoms with van der Waals surface area (Å²) in [4.78, 5) is 12.4. The molecule has 0 bridgehead atoms. The van der Waals surface area contributed by atoms with Crippen molar-refractivity contribution in [3.63, 3.8) is 0 Å². The van der Waals surface area contributed by atoms with Crippen LogP contribution < -0.4 is 10.6 Å². The number of anilines is 2. The van der Waals surface area contributed by atoms with Crippen LogP contribution in [0.3, 0.4) is 0 Å². The Bertz CT molecular complexity index is 936. The summed E-state index contributed by atoms with van der Waals surface area (Å²) in [5.74, 6) is -0.204. The Morgan fingerprint density at radius 1 is 1.07 bits per heavy atom. The lowest BCUT2D eigenvalue weighted by Gasteiger charge is -2.26. The van der Waals surface area contributed by atoms with E-state index < -0.39 is 10.0 Å². The minimum Gasteiger partial charge on any atom is -0.379 e. The predicted molar refractivity (Wildman–Crippen MR) is 109 cm³/mol. The molecule has 1 aliphatic heterocycles. The zero-order valence-electron chi connectivity index (χ0n) is 16.1. The fourth-order valence-electron chi connectivity index (χ4n) is 2.97. The molecule has 2 aromatic rings.